The van der Waals surface area contributed by atoms with Gasteiger partial charge in [0.25, 0.3) is 0 Å². The molecular formula is C14H20N2O2. The van der Waals surface area contributed by atoms with E-state index in [1.165, 1.54) is 0 Å². The van der Waals surface area contributed by atoms with Crippen molar-refractivity contribution in [2.75, 3.05) is 19.7 Å². The molecule has 2 N–H and O–H groups in total. The molecule has 0 aromatic heterocycles. The molecule has 2 rings (SSSR count). The molecule has 0 saturated heterocycles. The van der Waals surface area contributed by atoms with Gasteiger partial charge in [-0.1, -0.05) is 32.0 Å². The second-order valence-corrected chi connectivity index (χ2v) is 4.62. The first-order valence-electron chi connectivity index (χ1n) is 6.45. The molecule has 1 aromatic rings. The van der Waals surface area contributed by atoms with Gasteiger partial charge in [0.05, 0.1) is 6.04 Å². The summed E-state index contributed by atoms with van der Waals surface area (Å²) in [6, 6.07) is 7.83. The highest BCUT2D eigenvalue weighted by molar-refractivity contribution is 5.79. The Labute approximate surface area is 108 Å². The normalized spacial score (nSPS) is 18.9. The molecule has 2 unspecified atom stereocenters. The Hall–Kier alpha value is -1.55. The van der Waals surface area contributed by atoms with Crippen LogP contribution in [-0.2, 0) is 4.79 Å². The van der Waals surface area contributed by atoms with Gasteiger partial charge in [-0.05, 0) is 12.6 Å². The lowest BCUT2D eigenvalue weighted by Crippen LogP contribution is -2.37. The van der Waals surface area contributed by atoms with Gasteiger partial charge in [0.15, 0.2) is 0 Å². The van der Waals surface area contributed by atoms with Gasteiger partial charge in [0.2, 0.25) is 5.91 Å². The topological polar surface area (TPSA) is 50.4 Å². The summed E-state index contributed by atoms with van der Waals surface area (Å²) >= 11 is 0. The molecule has 98 valence electrons. The van der Waals surface area contributed by atoms with Crippen molar-refractivity contribution in [1.29, 1.82) is 0 Å². The number of amides is 1. The third-order valence-electron chi connectivity index (χ3n) is 3.16. The Morgan fingerprint density at radius 1 is 1.50 bits per heavy atom. The molecule has 1 heterocycles. The second kappa shape index (κ2) is 5.87. The van der Waals surface area contributed by atoms with Gasteiger partial charge >= 0.3 is 0 Å². The highest BCUT2D eigenvalue weighted by Crippen LogP contribution is 2.31. The number of hydrogen-bond donors (Lipinski definition) is 2. The van der Waals surface area contributed by atoms with E-state index in [1.54, 1.807) is 0 Å². The molecule has 1 aromatic carbocycles. The Bertz CT molecular complexity index is 420. The van der Waals surface area contributed by atoms with E-state index in [-0.39, 0.29) is 17.9 Å². The minimum Gasteiger partial charge on any atom is -0.491 e. The number of para-hydroxylation sites is 1. The van der Waals surface area contributed by atoms with Crippen LogP contribution in [0.3, 0.4) is 0 Å². The summed E-state index contributed by atoms with van der Waals surface area (Å²) in [6.07, 6.45) is 0. The third kappa shape index (κ3) is 2.82. The summed E-state index contributed by atoms with van der Waals surface area (Å²) in [5.41, 5.74) is 1.07. The van der Waals surface area contributed by atoms with Crippen LogP contribution in [0.15, 0.2) is 24.3 Å². The Kier molecular flexibility index (Phi) is 4.20. The van der Waals surface area contributed by atoms with Gasteiger partial charge in [-0.15, -0.1) is 0 Å². The monoisotopic (exact) mass is 248 g/mol. The summed E-state index contributed by atoms with van der Waals surface area (Å²) in [7, 11) is 0. The maximum atomic E-state index is 12.0. The van der Waals surface area contributed by atoms with E-state index in [2.05, 4.69) is 10.6 Å². The smallest absolute Gasteiger partial charge is 0.224 e. The van der Waals surface area contributed by atoms with Gasteiger partial charge < -0.3 is 15.4 Å². The number of hydrogen-bond acceptors (Lipinski definition) is 3. The van der Waals surface area contributed by atoms with Crippen LogP contribution < -0.4 is 15.4 Å². The summed E-state index contributed by atoms with van der Waals surface area (Å²) in [5, 5.41) is 6.22. The van der Waals surface area contributed by atoms with Gasteiger partial charge in [-0.3, -0.25) is 4.79 Å². The molecule has 0 spiro atoms. The van der Waals surface area contributed by atoms with Gasteiger partial charge in [-0.2, -0.15) is 0 Å². The Morgan fingerprint density at radius 3 is 3.06 bits per heavy atom. The molecule has 18 heavy (non-hydrogen) atoms. The fourth-order valence-corrected chi connectivity index (χ4v) is 2.05. The van der Waals surface area contributed by atoms with E-state index in [0.29, 0.717) is 13.2 Å². The maximum absolute atomic E-state index is 12.0. The largest absolute Gasteiger partial charge is 0.491 e. The van der Waals surface area contributed by atoms with E-state index >= 15 is 0 Å². The molecule has 4 nitrogen and oxygen atoms in total. The number of fused-ring (bicyclic) bond motifs is 1. The fourth-order valence-electron chi connectivity index (χ4n) is 2.05. The SMILES string of the molecule is CCNCC(C)C(=O)NC1COc2ccccc21. The standard InChI is InChI=1S/C14H20N2O2/c1-3-15-8-10(2)14(17)16-12-9-18-13-7-5-4-6-11(12)13/h4-7,10,12,15H,3,8-9H2,1-2H3,(H,16,17). The Balaban J connectivity index is 1.93. The van der Waals surface area contributed by atoms with Gasteiger partial charge in [0, 0.05) is 18.0 Å². The first kappa shape index (κ1) is 12.9. The van der Waals surface area contributed by atoms with Crippen molar-refractivity contribution < 1.29 is 9.53 Å². The Morgan fingerprint density at radius 2 is 2.28 bits per heavy atom. The van der Waals surface area contributed by atoms with Crippen molar-refractivity contribution in [3.8, 4) is 5.75 Å². The molecule has 1 amide bonds. The van der Waals surface area contributed by atoms with Crippen LogP contribution in [0.4, 0.5) is 0 Å². The molecule has 1 aliphatic rings. The van der Waals surface area contributed by atoms with Crippen LogP contribution in [0.1, 0.15) is 25.5 Å². The van der Waals surface area contributed by atoms with E-state index in [9.17, 15) is 4.79 Å². The van der Waals surface area contributed by atoms with Crippen molar-refractivity contribution in [1.82, 2.24) is 10.6 Å². The lowest BCUT2D eigenvalue weighted by atomic mass is 10.1. The lowest BCUT2D eigenvalue weighted by Gasteiger charge is -2.16. The lowest BCUT2D eigenvalue weighted by molar-refractivity contribution is -0.125. The molecular weight excluding hydrogens is 228 g/mol. The third-order valence-corrected chi connectivity index (χ3v) is 3.16. The van der Waals surface area contributed by atoms with Crippen LogP contribution in [0.2, 0.25) is 0 Å². The fraction of sp³-hybridized carbons (Fsp3) is 0.500. The van der Waals surface area contributed by atoms with Crippen LogP contribution in [0.5, 0.6) is 5.75 Å². The number of nitrogens with one attached hydrogen (secondary N) is 2. The van der Waals surface area contributed by atoms with Crippen molar-refractivity contribution >= 4 is 5.91 Å². The summed E-state index contributed by atoms with van der Waals surface area (Å²) in [4.78, 5) is 12.0. The summed E-state index contributed by atoms with van der Waals surface area (Å²) in [6.45, 7) is 6.08. The van der Waals surface area contributed by atoms with Crippen LogP contribution in [0.25, 0.3) is 0 Å². The van der Waals surface area contributed by atoms with E-state index in [1.807, 2.05) is 38.1 Å². The number of ether oxygens (including phenoxy) is 1. The average molecular weight is 248 g/mol. The van der Waals surface area contributed by atoms with E-state index < -0.39 is 0 Å². The maximum Gasteiger partial charge on any atom is 0.224 e. The minimum atomic E-state index is -0.0299. The molecule has 2 atom stereocenters. The quantitative estimate of drug-likeness (QED) is 0.830. The molecule has 0 aliphatic carbocycles. The van der Waals surface area contributed by atoms with Crippen molar-refractivity contribution in [2.45, 2.75) is 19.9 Å². The van der Waals surface area contributed by atoms with Crippen LogP contribution in [0, 0.1) is 5.92 Å². The zero-order valence-corrected chi connectivity index (χ0v) is 10.9. The summed E-state index contributed by atoms with van der Waals surface area (Å²) in [5.74, 6) is 0.918. The zero-order valence-electron chi connectivity index (χ0n) is 10.9. The highest BCUT2D eigenvalue weighted by Gasteiger charge is 2.26. The molecule has 0 fully saturated rings. The number of carbonyl (C=O) groups excluding carboxylic acids is 1. The number of rotatable bonds is 5. The highest BCUT2D eigenvalue weighted by atomic mass is 16.5. The first-order chi connectivity index (χ1) is 8.72. The first-order valence-corrected chi connectivity index (χ1v) is 6.45. The zero-order chi connectivity index (χ0) is 13.0. The van der Waals surface area contributed by atoms with Crippen LogP contribution in [-0.4, -0.2) is 25.6 Å². The van der Waals surface area contributed by atoms with E-state index in [4.69, 9.17) is 4.74 Å². The average Bonchev–Trinajstić information content (AvgIpc) is 2.79. The second-order valence-electron chi connectivity index (χ2n) is 4.62. The van der Waals surface area contributed by atoms with Gasteiger partial charge in [-0.25, -0.2) is 0 Å². The predicted molar refractivity (Wildman–Crippen MR) is 70.5 cm³/mol. The number of carbonyl (C=O) groups is 1. The predicted octanol–water partition coefficient (Wildman–Crippen LogP) is 1.48. The van der Waals surface area contributed by atoms with Gasteiger partial charge in [0.1, 0.15) is 12.4 Å². The van der Waals surface area contributed by atoms with E-state index in [0.717, 1.165) is 17.9 Å². The van der Waals surface area contributed by atoms with Crippen molar-refractivity contribution in [2.24, 2.45) is 5.92 Å². The molecule has 1 aliphatic heterocycles. The van der Waals surface area contributed by atoms with Crippen molar-refractivity contribution in [3.05, 3.63) is 29.8 Å². The molecule has 0 saturated carbocycles. The molecule has 0 radical (unpaired) electrons. The van der Waals surface area contributed by atoms with Crippen molar-refractivity contribution in [3.63, 3.8) is 0 Å². The van der Waals surface area contributed by atoms with Crippen LogP contribution >= 0.6 is 0 Å². The minimum absolute atomic E-state index is 0.0159. The molecule has 0 bridgehead atoms. The number of benzene rings is 1. The summed E-state index contributed by atoms with van der Waals surface area (Å²) < 4.78 is 5.54. The molecule has 4 heteroatoms.